The van der Waals surface area contributed by atoms with Gasteiger partial charge in [-0.2, -0.15) is 0 Å². The van der Waals surface area contributed by atoms with Crippen LogP contribution in [-0.4, -0.2) is 35.9 Å². The average Bonchev–Trinajstić information content (AvgIpc) is 3.41. The van der Waals surface area contributed by atoms with Crippen LogP contribution in [0.3, 0.4) is 0 Å². The molecule has 0 radical (unpaired) electrons. The largest absolute Gasteiger partial charge is 0.494 e. The first-order valence-electron chi connectivity index (χ1n) is 12.3. The Balaban J connectivity index is 1.45. The maximum Gasteiger partial charge on any atom is 0.494 e. The lowest BCUT2D eigenvalue weighted by Crippen LogP contribution is -2.54. The number of carbonyl (C=O) groups is 1. The van der Waals surface area contributed by atoms with Crippen LogP contribution in [-0.2, 0) is 19.6 Å². The summed E-state index contributed by atoms with van der Waals surface area (Å²) in [5.74, 6) is -0.717. The highest BCUT2D eigenvalue weighted by atomic mass is 16.7. The third-order valence-corrected chi connectivity index (χ3v) is 7.80. The molecular weight excluding hydrogens is 425 g/mol. The topological polar surface area (TPSA) is 67.8 Å². The van der Waals surface area contributed by atoms with Crippen LogP contribution < -0.4 is 10.8 Å². The van der Waals surface area contributed by atoms with Gasteiger partial charge in [-0.15, -0.1) is 0 Å². The molecule has 6 heteroatoms. The molecule has 0 amide bonds. The normalized spacial score (nSPS) is 21.7. The quantitative estimate of drug-likeness (QED) is 0.555. The second-order valence-electron chi connectivity index (χ2n) is 10.5. The Hall–Kier alpha value is -2.41. The first-order chi connectivity index (χ1) is 16.2. The van der Waals surface area contributed by atoms with Crippen LogP contribution in [0.15, 0.2) is 60.7 Å². The molecule has 5 nitrogen and oxygen atoms in total. The second kappa shape index (κ2) is 9.69. The fraction of sp³-hybridized carbons (Fsp3) is 0.464. The molecule has 1 saturated heterocycles. The summed E-state index contributed by atoms with van der Waals surface area (Å²) in [5.41, 5.74) is 1.07. The lowest BCUT2D eigenvalue weighted by Gasteiger charge is -2.36. The number of rotatable bonds is 8. The van der Waals surface area contributed by atoms with E-state index in [0.29, 0.717) is 6.54 Å². The predicted molar refractivity (Wildman–Crippen MR) is 137 cm³/mol. The molecule has 4 rings (SSSR count). The van der Waals surface area contributed by atoms with Crippen molar-refractivity contribution in [2.45, 2.75) is 70.1 Å². The molecule has 1 aliphatic carbocycles. The van der Waals surface area contributed by atoms with Crippen molar-refractivity contribution in [3.63, 3.8) is 0 Å². The molecule has 2 N–H and O–H groups in total. The van der Waals surface area contributed by atoms with E-state index in [1.807, 2.05) is 66.7 Å². The zero-order valence-electron chi connectivity index (χ0n) is 20.7. The predicted octanol–water partition coefficient (Wildman–Crippen LogP) is 4.76. The number of hydrogen-bond donors (Lipinski definition) is 2. The summed E-state index contributed by atoms with van der Waals surface area (Å²) in [6.07, 6.45) is 8.04. The number of nitrogens with one attached hydrogen (secondary N) is 1. The van der Waals surface area contributed by atoms with Gasteiger partial charge < -0.3 is 14.4 Å². The molecule has 0 unspecified atom stereocenters. The molecule has 180 valence electrons. The molecule has 2 aliphatic rings. The van der Waals surface area contributed by atoms with Crippen molar-refractivity contribution in [1.82, 2.24) is 5.32 Å². The first kappa shape index (κ1) is 24.7. The maximum atomic E-state index is 12.6. The van der Waals surface area contributed by atoms with Crippen molar-refractivity contribution in [2.24, 2.45) is 5.92 Å². The fourth-order valence-electron chi connectivity index (χ4n) is 5.07. The molecule has 34 heavy (non-hydrogen) atoms. The third-order valence-electron chi connectivity index (χ3n) is 7.80. The monoisotopic (exact) mass is 461 g/mol. The lowest BCUT2D eigenvalue weighted by molar-refractivity contribution is -0.148. The Morgan fingerprint density at radius 1 is 1.03 bits per heavy atom. The third kappa shape index (κ3) is 4.72. The summed E-state index contributed by atoms with van der Waals surface area (Å²) < 4.78 is 12.3. The van der Waals surface area contributed by atoms with Gasteiger partial charge in [-0.25, -0.2) is 4.79 Å². The van der Waals surface area contributed by atoms with Crippen LogP contribution >= 0.6 is 0 Å². The van der Waals surface area contributed by atoms with Crippen molar-refractivity contribution in [1.29, 1.82) is 0 Å². The summed E-state index contributed by atoms with van der Waals surface area (Å²) in [5, 5.41) is 13.8. The van der Waals surface area contributed by atoms with Crippen LogP contribution in [0.2, 0.25) is 0 Å². The Bertz CT molecular complexity index is 996. The Morgan fingerprint density at radius 2 is 1.62 bits per heavy atom. The van der Waals surface area contributed by atoms with Crippen molar-refractivity contribution < 1.29 is 19.2 Å². The van der Waals surface area contributed by atoms with E-state index in [9.17, 15) is 9.90 Å². The average molecular weight is 461 g/mol. The van der Waals surface area contributed by atoms with Crippen molar-refractivity contribution in [3.05, 3.63) is 71.8 Å². The highest BCUT2D eigenvalue weighted by Crippen LogP contribution is 2.41. The molecule has 1 aliphatic heterocycles. The van der Waals surface area contributed by atoms with E-state index < -0.39 is 11.5 Å². The Labute approximate surface area is 203 Å². The van der Waals surface area contributed by atoms with Gasteiger partial charge in [0.2, 0.25) is 0 Å². The van der Waals surface area contributed by atoms with Gasteiger partial charge >= 0.3 is 13.1 Å². The van der Waals surface area contributed by atoms with Gasteiger partial charge in [0.25, 0.3) is 0 Å². The Kier molecular flexibility index (Phi) is 7.04. The summed E-state index contributed by atoms with van der Waals surface area (Å²) in [6.45, 7) is 8.67. The van der Waals surface area contributed by atoms with E-state index in [4.69, 9.17) is 9.31 Å². The number of hydrogen-bond acceptors (Lipinski definition) is 4. The van der Waals surface area contributed by atoms with Crippen molar-refractivity contribution in [2.75, 3.05) is 6.54 Å². The van der Waals surface area contributed by atoms with E-state index in [1.165, 1.54) is 0 Å². The van der Waals surface area contributed by atoms with Crippen LogP contribution in [0.25, 0.3) is 6.08 Å². The van der Waals surface area contributed by atoms with E-state index in [-0.39, 0.29) is 24.2 Å². The molecule has 2 aromatic carbocycles. The van der Waals surface area contributed by atoms with Crippen LogP contribution in [0.5, 0.6) is 0 Å². The van der Waals surface area contributed by atoms with Gasteiger partial charge in [-0.05, 0) is 63.0 Å². The highest BCUT2D eigenvalue weighted by molar-refractivity contribution is 6.62. The van der Waals surface area contributed by atoms with Gasteiger partial charge in [0.15, 0.2) is 0 Å². The minimum absolute atomic E-state index is 0.0833. The van der Waals surface area contributed by atoms with Crippen LogP contribution in [0.4, 0.5) is 0 Å². The van der Waals surface area contributed by atoms with Gasteiger partial charge in [0.1, 0.15) is 5.54 Å². The molecule has 0 aromatic heterocycles. The minimum atomic E-state index is -1.07. The standard InChI is InChI=1S/C28H36BNO4/c1-26(2)27(3,4)34-29(33-26)24-18-16-21(17-19-24)11-10-20-30-28(25(31)32,23-14-8-9-15-23)22-12-6-5-7-13-22/h5-7,10-13,16-19,23,30H,8-9,14-15,20H2,1-4H3,(H,31,32)/b11-10+/t28-/m1/s1. The van der Waals surface area contributed by atoms with Gasteiger partial charge in [-0.3, -0.25) is 5.32 Å². The molecule has 1 atom stereocenters. The number of carboxylic acid groups (broad SMARTS) is 1. The molecule has 1 saturated carbocycles. The number of benzene rings is 2. The summed E-state index contributed by atoms with van der Waals surface area (Å²) >= 11 is 0. The number of aliphatic carboxylic acids is 1. The zero-order chi connectivity index (χ0) is 24.4. The first-order valence-corrected chi connectivity index (χ1v) is 12.3. The molecule has 1 heterocycles. The lowest BCUT2D eigenvalue weighted by atomic mass is 9.76. The van der Waals surface area contributed by atoms with Gasteiger partial charge in [0, 0.05) is 6.54 Å². The Morgan fingerprint density at radius 3 is 2.18 bits per heavy atom. The van der Waals surface area contributed by atoms with E-state index in [0.717, 1.165) is 42.3 Å². The smallest absolute Gasteiger partial charge is 0.480 e. The second-order valence-corrected chi connectivity index (χ2v) is 10.5. The van der Waals surface area contributed by atoms with Gasteiger partial charge in [0.05, 0.1) is 11.2 Å². The summed E-state index contributed by atoms with van der Waals surface area (Å²) in [7, 11) is -0.377. The highest BCUT2D eigenvalue weighted by Gasteiger charge is 2.51. The fourth-order valence-corrected chi connectivity index (χ4v) is 5.07. The SMILES string of the molecule is CC1(C)OB(c2ccc(/C=C/CN[C@](C(=O)O)(c3ccccc3)C3CCCC3)cc2)OC1(C)C. The van der Waals surface area contributed by atoms with Gasteiger partial charge in [-0.1, -0.05) is 79.6 Å². The maximum absolute atomic E-state index is 12.6. The van der Waals surface area contributed by atoms with E-state index >= 15 is 0 Å². The van der Waals surface area contributed by atoms with Crippen molar-refractivity contribution in [3.8, 4) is 0 Å². The van der Waals surface area contributed by atoms with E-state index in [1.54, 1.807) is 0 Å². The van der Waals surface area contributed by atoms with Crippen LogP contribution in [0, 0.1) is 5.92 Å². The van der Waals surface area contributed by atoms with Crippen LogP contribution in [0.1, 0.15) is 64.5 Å². The van der Waals surface area contributed by atoms with Crippen molar-refractivity contribution >= 4 is 24.6 Å². The summed E-state index contributed by atoms with van der Waals surface area (Å²) in [6, 6.07) is 17.7. The number of carboxylic acids is 1. The minimum Gasteiger partial charge on any atom is -0.480 e. The summed E-state index contributed by atoms with van der Waals surface area (Å²) in [4.78, 5) is 12.6. The molecule has 0 bridgehead atoms. The van der Waals surface area contributed by atoms with E-state index in [2.05, 4.69) is 33.0 Å². The molecule has 0 spiro atoms. The molecule has 2 fully saturated rings. The zero-order valence-corrected chi connectivity index (χ0v) is 20.7. The molecule has 2 aromatic rings. The molecular formula is C28H36BNO4.